The van der Waals surface area contributed by atoms with Crippen molar-refractivity contribution in [1.29, 1.82) is 0 Å². The largest absolute Gasteiger partial charge is 0.394 e. The zero-order valence-corrected chi connectivity index (χ0v) is 24.5. The average Bonchev–Trinajstić information content (AvgIpc) is 3.27. The van der Waals surface area contributed by atoms with E-state index in [1.54, 1.807) is 16.7 Å². The van der Waals surface area contributed by atoms with Crippen LogP contribution in [0.3, 0.4) is 0 Å². The second kappa shape index (κ2) is 10.5. The number of hydrogen-bond acceptors (Lipinski definition) is 5. The molecule has 2 saturated heterocycles. The van der Waals surface area contributed by atoms with Crippen LogP contribution < -0.4 is 0 Å². The SMILES string of the molecule is CC(C)(C)N1CC=C[C@]23S[C@@H]4C=CCN(Cc5ccccc5)C(=O)[C@@H]4[C@H]2C(=O)N([C@H](CO)c2ccccc2)C3C1=O. The van der Waals surface area contributed by atoms with Gasteiger partial charge in [0.05, 0.1) is 29.2 Å². The fourth-order valence-corrected chi connectivity index (χ4v) is 9.04. The Morgan fingerprint density at radius 1 is 0.927 bits per heavy atom. The second-order valence-electron chi connectivity index (χ2n) is 12.4. The predicted molar refractivity (Wildman–Crippen MR) is 160 cm³/mol. The maximum Gasteiger partial charge on any atom is 0.247 e. The van der Waals surface area contributed by atoms with Crippen molar-refractivity contribution >= 4 is 29.5 Å². The van der Waals surface area contributed by atoms with Crippen molar-refractivity contribution in [3.63, 3.8) is 0 Å². The third kappa shape index (κ3) is 4.52. The molecule has 41 heavy (non-hydrogen) atoms. The maximum atomic E-state index is 14.7. The smallest absolute Gasteiger partial charge is 0.247 e. The number of aliphatic hydroxyl groups excluding tert-OH is 1. The van der Waals surface area contributed by atoms with Crippen molar-refractivity contribution in [2.24, 2.45) is 11.8 Å². The molecule has 4 aliphatic rings. The number of fused-ring (bicyclic) bond motifs is 2. The summed E-state index contributed by atoms with van der Waals surface area (Å²) in [6, 6.07) is 17.7. The summed E-state index contributed by atoms with van der Waals surface area (Å²) in [6.45, 7) is 7.01. The number of nitrogens with zero attached hydrogens (tertiary/aromatic N) is 3. The summed E-state index contributed by atoms with van der Waals surface area (Å²) in [6.07, 6.45) is 8.12. The highest BCUT2D eigenvalue weighted by Gasteiger charge is 2.72. The fourth-order valence-electron chi connectivity index (χ4n) is 7.04. The van der Waals surface area contributed by atoms with Gasteiger partial charge in [0.2, 0.25) is 17.7 Å². The molecule has 2 aromatic rings. The first-order valence-electron chi connectivity index (χ1n) is 14.3. The monoisotopic (exact) mass is 571 g/mol. The van der Waals surface area contributed by atoms with Gasteiger partial charge in [0.1, 0.15) is 6.04 Å². The molecule has 2 aromatic carbocycles. The number of likely N-dealkylation sites (tertiary alicyclic amines) is 1. The minimum absolute atomic E-state index is 0.0646. The Morgan fingerprint density at radius 3 is 2.27 bits per heavy atom. The van der Waals surface area contributed by atoms with E-state index in [-0.39, 0.29) is 29.6 Å². The van der Waals surface area contributed by atoms with Gasteiger partial charge in [0, 0.05) is 30.4 Å². The number of carbonyl (C=O) groups excluding carboxylic acids is 3. The molecule has 0 saturated carbocycles. The first kappa shape index (κ1) is 27.8. The van der Waals surface area contributed by atoms with E-state index in [4.69, 9.17) is 0 Å². The van der Waals surface area contributed by atoms with Crippen LogP contribution in [-0.2, 0) is 20.9 Å². The molecule has 4 heterocycles. The minimum atomic E-state index is -0.929. The van der Waals surface area contributed by atoms with Crippen LogP contribution >= 0.6 is 11.8 Å². The van der Waals surface area contributed by atoms with Gasteiger partial charge in [-0.15, -0.1) is 11.8 Å². The van der Waals surface area contributed by atoms with Gasteiger partial charge in [-0.3, -0.25) is 14.4 Å². The number of carbonyl (C=O) groups is 3. The summed E-state index contributed by atoms with van der Waals surface area (Å²) < 4.78 is -0.929. The van der Waals surface area contributed by atoms with Crippen LogP contribution in [0.1, 0.15) is 37.9 Å². The van der Waals surface area contributed by atoms with Crippen molar-refractivity contribution in [2.75, 3.05) is 19.7 Å². The Bertz CT molecular complexity index is 1390. The van der Waals surface area contributed by atoms with E-state index in [1.165, 1.54) is 0 Å². The van der Waals surface area contributed by atoms with E-state index in [9.17, 15) is 19.5 Å². The highest BCUT2D eigenvalue weighted by Crippen LogP contribution is 2.62. The Morgan fingerprint density at radius 2 is 1.61 bits per heavy atom. The number of amides is 3. The van der Waals surface area contributed by atoms with E-state index < -0.39 is 34.2 Å². The van der Waals surface area contributed by atoms with Crippen LogP contribution in [0.2, 0.25) is 0 Å². The lowest BCUT2D eigenvalue weighted by atomic mass is 9.78. The standard InChI is InChI=1S/C33H37N3O4S/c1-32(2,3)35-19-11-17-33-27(30(39)36(28(33)31(35)40)24(21-37)23-14-8-5-9-15-23)26-25(41-33)16-10-18-34(29(26)38)20-22-12-6-4-7-13-22/h4-17,24-28,37H,18-21H2,1-3H3/t24-,25-,26+,27+,28?,33+/m1/s1. The fraction of sp³-hybridized carbons (Fsp3) is 0.424. The van der Waals surface area contributed by atoms with Crippen molar-refractivity contribution in [2.45, 2.75) is 54.9 Å². The molecule has 4 aliphatic heterocycles. The molecular weight excluding hydrogens is 534 g/mol. The Balaban J connectivity index is 1.46. The molecule has 0 radical (unpaired) electrons. The normalized spacial score (nSPS) is 30.1. The molecule has 2 fully saturated rings. The number of thioether (sulfide) groups is 1. The summed E-state index contributed by atoms with van der Waals surface area (Å²) >= 11 is 1.57. The van der Waals surface area contributed by atoms with Gasteiger partial charge in [0.25, 0.3) is 0 Å². The Kier molecular flexibility index (Phi) is 7.10. The van der Waals surface area contributed by atoms with Gasteiger partial charge in [-0.2, -0.15) is 0 Å². The van der Waals surface area contributed by atoms with E-state index >= 15 is 0 Å². The van der Waals surface area contributed by atoms with Crippen molar-refractivity contribution in [3.05, 3.63) is 96.1 Å². The number of rotatable bonds is 5. The van der Waals surface area contributed by atoms with Gasteiger partial charge in [-0.05, 0) is 31.9 Å². The van der Waals surface area contributed by atoms with Gasteiger partial charge in [-0.1, -0.05) is 85.0 Å². The van der Waals surface area contributed by atoms with E-state index in [2.05, 4.69) is 6.08 Å². The summed E-state index contributed by atoms with van der Waals surface area (Å²) in [5.41, 5.74) is 1.32. The van der Waals surface area contributed by atoms with E-state index in [0.717, 1.165) is 11.1 Å². The molecule has 6 rings (SSSR count). The second-order valence-corrected chi connectivity index (χ2v) is 13.8. The first-order chi connectivity index (χ1) is 19.7. The van der Waals surface area contributed by atoms with Gasteiger partial charge < -0.3 is 19.8 Å². The lowest BCUT2D eigenvalue weighted by molar-refractivity contribution is -0.149. The van der Waals surface area contributed by atoms with Gasteiger partial charge in [-0.25, -0.2) is 0 Å². The molecule has 0 aliphatic carbocycles. The molecular formula is C33H37N3O4S. The number of aliphatic hydroxyl groups is 1. The Labute approximate surface area is 245 Å². The number of hydrogen-bond donors (Lipinski definition) is 1. The lowest BCUT2D eigenvalue weighted by Crippen LogP contribution is -2.58. The summed E-state index contributed by atoms with van der Waals surface area (Å²) in [5.74, 6) is -1.79. The summed E-state index contributed by atoms with van der Waals surface area (Å²) in [7, 11) is 0. The number of benzene rings is 2. The average molecular weight is 572 g/mol. The molecule has 0 aromatic heterocycles. The molecule has 0 bridgehead atoms. The Hall–Kier alpha value is -3.36. The van der Waals surface area contributed by atoms with Crippen LogP contribution in [0.4, 0.5) is 0 Å². The van der Waals surface area contributed by atoms with Crippen LogP contribution in [0.25, 0.3) is 0 Å². The molecule has 6 atom stereocenters. The molecule has 214 valence electrons. The van der Waals surface area contributed by atoms with Crippen LogP contribution in [0.5, 0.6) is 0 Å². The molecule has 7 nitrogen and oxygen atoms in total. The molecule has 1 unspecified atom stereocenters. The van der Waals surface area contributed by atoms with Gasteiger partial charge in [0.15, 0.2) is 0 Å². The van der Waals surface area contributed by atoms with E-state index in [0.29, 0.717) is 19.6 Å². The third-order valence-electron chi connectivity index (χ3n) is 8.90. The first-order valence-corrected chi connectivity index (χ1v) is 15.2. The molecule has 1 spiro atoms. The minimum Gasteiger partial charge on any atom is -0.394 e. The van der Waals surface area contributed by atoms with Crippen LogP contribution in [-0.4, -0.2) is 78.8 Å². The third-order valence-corrected chi connectivity index (χ3v) is 10.6. The molecule has 8 heteroatoms. The van der Waals surface area contributed by atoms with Crippen LogP contribution in [0.15, 0.2) is 85.0 Å². The summed E-state index contributed by atoms with van der Waals surface area (Å²) in [4.78, 5) is 48.9. The molecule has 1 N–H and O–H groups in total. The predicted octanol–water partition coefficient (Wildman–Crippen LogP) is 3.81. The van der Waals surface area contributed by atoms with Crippen molar-refractivity contribution in [1.82, 2.24) is 14.7 Å². The topological polar surface area (TPSA) is 81.2 Å². The highest BCUT2D eigenvalue weighted by molar-refractivity contribution is 8.02. The van der Waals surface area contributed by atoms with Crippen molar-refractivity contribution < 1.29 is 19.5 Å². The maximum absolute atomic E-state index is 14.7. The quantitative estimate of drug-likeness (QED) is 0.552. The zero-order chi connectivity index (χ0) is 28.9. The molecule has 3 amide bonds. The van der Waals surface area contributed by atoms with Crippen molar-refractivity contribution in [3.8, 4) is 0 Å². The lowest BCUT2D eigenvalue weighted by Gasteiger charge is -2.42. The van der Waals surface area contributed by atoms with Gasteiger partial charge >= 0.3 is 0 Å². The zero-order valence-electron chi connectivity index (χ0n) is 23.7. The summed E-state index contributed by atoms with van der Waals surface area (Å²) in [5, 5.41) is 10.5. The van der Waals surface area contributed by atoms with Crippen LogP contribution in [0, 0.1) is 11.8 Å². The van der Waals surface area contributed by atoms with E-state index in [1.807, 2.05) is 109 Å². The highest BCUT2D eigenvalue weighted by atomic mass is 32.2.